The van der Waals surface area contributed by atoms with Gasteiger partial charge >= 0.3 is 0 Å². The lowest BCUT2D eigenvalue weighted by Crippen LogP contribution is -2.32. The second-order valence-electron chi connectivity index (χ2n) is 3.93. The van der Waals surface area contributed by atoms with E-state index in [1.54, 1.807) is 5.54 Å². The first-order chi connectivity index (χ1) is 5.75. The molecule has 0 spiro atoms. The molecule has 2 heteroatoms. The maximum Gasteiger partial charge on any atom is 0.000267 e. The number of allylic oxidation sites excluding steroid dienone is 1. The molecule has 1 aliphatic rings. The predicted octanol–water partition coefficient (Wildman–Crippen LogP) is 2.89. The Kier molecular flexibility index (Phi) is 3.60. The van der Waals surface area contributed by atoms with E-state index < -0.39 is 0 Å². The molecular formula is C10H18ClN. The molecule has 0 heterocycles. The molecule has 0 aliphatic heterocycles. The molecule has 0 aromatic heterocycles. The van der Waals surface area contributed by atoms with Gasteiger partial charge in [0.2, 0.25) is 0 Å². The molecule has 1 aliphatic carbocycles. The highest BCUT2D eigenvalue weighted by molar-refractivity contribution is 6.25. The van der Waals surface area contributed by atoms with E-state index >= 15 is 0 Å². The zero-order chi connectivity index (χ0) is 9.03. The van der Waals surface area contributed by atoms with Crippen LogP contribution in [-0.4, -0.2) is 6.54 Å². The Morgan fingerprint density at radius 1 is 1.67 bits per heavy atom. The lowest BCUT2D eigenvalue weighted by atomic mass is 9.76. The van der Waals surface area contributed by atoms with Crippen molar-refractivity contribution < 1.29 is 0 Å². The highest BCUT2D eigenvalue weighted by atomic mass is 35.5. The quantitative estimate of drug-likeness (QED) is 0.723. The van der Waals surface area contributed by atoms with E-state index in [1.807, 2.05) is 6.08 Å². The normalized spacial score (nSPS) is 36.4. The predicted molar refractivity (Wildman–Crippen MR) is 54.1 cm³/mol. The number of rotatable bonds is 3. The summed E-state index contributed by atoms with van der Waals surface area (Å²) in [5, 5.41) is 0. The average molecular weight is 188 g/mol. The highest BCUT2D eigenvalue weighted by Gasteiger charge is 2.37. The Morgan fingerprint density at radius 2 is 2.42 bits per heavy atom. The maximum absolute atomic E-state index is 5.82. The Bertz CT molecular complexity index is 167. The number of nitrogens with two attached hydrogens (primary N) is 1. The van der Waals surface area contributed by atoms with Gasteiger partial charge in [0.05, 0.1) is 0 Å². The Balaban J connectivity index is 2.61. The summed E-state index contributed by atoms with van der Waals surface area (Å²) >= 11 is 5.53. The Hall–Kier alpha value is -0.0100. The standard InChI is InChI=1S/C10H18ClN/c1-9-4-2-5-10(9,8-12)6-3-7-11/h3,7,9H,2,4-6,8,12H2,1H3/b7-3+. The fraction of sp³-hybridized carbons (Fsp3) is 0.800. The molecule has 12 heavy (non-hydrogen) atoms. The van der Waals surface area contributed by atoms with Crippen LogP contribution in [0.15, 0.2) is 11.6 Å². The van der Waals surface area contributed by atoms with Crippen molar-refractivity contribution in [1.82, 2.24) is 0 Å². The first-order valence-electron chi connectivity index (χ1n) is 4.70. The molecular weight excluding hydrogens is 170 g/mol. The van der Waals surface area contributed by atoms with Crippen LogP contribution >= 0.6 is 11.6 Å². The van der Waals surface area contributed by atoms with Crippen molar-refractivity contribution in [3.05, 3.63) is 11.6 Å². The van der Waals surface area contributed by atoms with Crippen LogP contribution in [0.4, 0.5) is 0 Å². The number of halogens is 1. The van der Waals surface area contributed by atoms with E-state index in [-0.39, 0.29) is 0 Å². The summed E-state index contributed by atoms with van der Waals surface area (Å²) in [6.45, 7) is 3.11. The number of hydrogen-bond donors (Lipinski definition) is 1. The minimum atomic E-state index is 0.353. The van der Waals surface area contributed by atoms with Gasteiger partial charge in [0.15, 0.2) is 0 Å². The molecule has 70 valence electrons. The largest absolute Gasteiger partial charge is 0.330 e. The van der Waals surface area contributed by atoms with Gasteiger partial charge in [-0.1, -0.05) is 37.4 Å². The van der Waals surface area contributed by atoms with E-state index in [0.717, 1.165) is 18.9 Å². The van der Waals surface area contributed by atoms with Crippen LogP contribution in [0.5, 0.6) is 0 Å². The van der Waals surface area contributed by atoms with Crippen molar-refractivity contribution in [3.8, 4) is 0 Å². The summed E-state index contributed by atoms with van der Waals surface area (Å²) in [5.74, 6) is 0.760. The van der Waals surface area contributed by atoms with Crippen molar-refractivity contribution in [1.29, 1.82) is 0 Å². The van der Waals surface area contributed by atoms with Crippen LogP contribution in [0, 0.1) is 11.3 Å². The van der Waals surface area contributed by atoms with E-state index in [4.69, 9.17) is 17.3 Å². The van der Waals surface area contributed by atoms with Crippen LogP contribution in [0.3, 0.4) is 0 Å². The lowest BCUT2D eigenvalue weighted by molar-refractivity contribution is 0.229. The summed E-state index contributed by atoms with van der Waals surface area (Å²) in [4.78, 5) is 0. The van der Waals surface area contributed by atoms with E-state index in [9.17, 15) is 0 Å². The molecule has 2 unspecified atom stereocenters. The maximum atomic E-state index is 5.82. The summed E-state index contributed by atoms with van der Waals surface area (Å²) < 4.78 is 0. The fourth-order valence-corrected chi connectivity index (χ4v) is 2.37. The fourth-order valence-electron chi connectivity index (χ4n) is 2.28. The molecule has 2 atom stereocenters. The minimum Gasteiger partial charge on any atom is -0.330 e. The molecule has 0 aromatic rings. The topological polar surface area (TPSA) is 26.0 Å². The summed E-state index contributed by atoms with van der Waals surface area (Å²) in [6, 6.07) is 0. The third-order valence-electron chi connectivity index (χ3n) is 3.38. The smallest absolute Gasteiger partial charge is 0.000267 e. The van der Waals surface area contributed by atoms with Crippen LogP contribution in [0.2, 0.25) is 0 Å². The van der Waals surface area contributed by atoms with Crippen LogP contribution in [0.1, 0.15) is 32.6 Å². The van der Waals surface area contributed by atoms with Crippen molar-refractivity contribution in [2.75, 3.05) is 6.54 Å². The molecule has 0 aromatic carbocycles. The van der Waals surface area contributed by atoms with Crippen molar-refractivity contribution in [2.24, 2.45) is 17.1 Å². The van der Waals surface area contributed by atoms with Gasteiger partial charge in [-0.25, -0.2) is 0 Å². The van der Waals surface area contributed by atoms with E-state index in [2.05, 4.69) is 6.92 Å². The summed E-state index contributed by atoms with van der Waals surface area (Å²) in [5.41, 5.74) is 7.79. The third kappa shape index (κ3) is 1.83. The van der Waals surface area contributed by atoms with Crippen molar-refractivity contribution >= 4 is 11.6 Å². The first kappa shape index (κ1) is 10.1. The lowest BCUT2D eigenvalue weighted by Gasteiger charge is -2.31. The van der Waals surface area contributed by atoms with Crippen LogP contribution in [0.25, 0.3) is 0 Å². The van der Waals surface area contributed by atoms with Gasteiger partial charge < -0.3 is 5.73 Å². The first-order valence-corrected chi connectivity index (χ1v) is 5.14. The molecule has 0 saturated heterocycles. The van der Waals surface area contributed by atoms with Gasteiger partial charge in [0.25, 0.3) is 0 Å². The van der Waals surface area contributed by atoms with Gasteiger partial charge in [0.1, 0.15) is 0 Å². The van der Waals surface area contributed by atoms with Gasteiger partial charge in [-0.3, -0.25) is 0 Å². The monoisotopic (exact) mass is 187 g/mol. The zero-order valence-corrected chi connectivity index (χ0v) is 8.48. The minimum absolute atomic E-state index is 0.353. The third-order valence-corrected chi connectivity index (χ3v) is 3.56. The van der Waals surface area contributed by atoms with Gasteiger partial charge in [-0.15, -0.1) is 0 Å². The van der Waals surface area contributed by atoms with Gasteiger partial charge in [-0.2, -0.15) is 0 Å². The highest BCUT2D eigenvalue weighted by Crippen LogP contribution is 2.45. The van der Waals surface area contributed by atoms with Crippen LogP contribution in [-0.2, 0) is 0 Å². The Labute approximate surface area is 80.0 Å². The second kappa shape index (κ2) is 4.29. The molecule has 0 radical (unpaired) electrons. The molecule has 1 rings (SSSR count). The van der Waals surface area contributed by atoms with Gasteiger partial charge in [0, 0.05) is 5.54 Å². The molecule has 1 nitrogen and oxygen atoms in total. The van der Waals surface area contributed by atoms with Crippen LogP contribution < -0.4 is 5.73 Å². The van der Waals surface area contributed by atoms with Crippen molar-refractivity contribution in [3.63, 3.8) is 0 Å². The zero-order valence-electron chi connectivity index (χ0n) is 7.72. The molecule has 1 saturated carbocycles. The molecule has 0 bridgehead atoms. The SMILES string of the molecule is CC1CCCC1(CN)C/C=C/Cl. The molecule has 2 N–H and O–H groups in total. The average Bonchev–Trinajstić information content (AvgIpc) is 2.45. The second-order valence-corrected chi connectivity index (χ2v) is 4.18. The van der Waals surface area contributed by atoms with Gasteiger partial charge in [-0.05, 0) is 30.7 Å². The van der Waals surface area contributed by atoms with E-state index in [0.29, 0.717) is 5.41 Å². The Morgan fingerprint density at radius 3 is 2.83 bits per heavy atom. The van der Waals surface area contributed by atoms with E-state index in [1.165, 1.54) is 19.3 Å². The summed E-state index contributed by atoms with van der Waals surface area (Å²) in [6.07, 6.45) is 7.01. The summed E-state index contributed by atoms with van der Waals surface area (Å²) in [7, 11) is 0. The molecule has 1 fully saturated rings. The van der Waals surface area contributed by atoms with Crippen molar-refractivity contribution in [2.45, 2.75) is 32.6 Å². The molecule has 0 amide bonds. The number of hydrogen-bond acceptors (Lipinski definition) is 1.